The molecule has 0 aliphatic carbocycles. The highest BCUT2D eigenvalue weighted by molar-refractivity contribution is 6.06. The number of non-ortho nitro benzene ring substituents is 1. The molecule has 9 heteroatoms. The quantitative estimate of drug-likeness (QED) is 0.468. The second kappa shape index (κ2) is 7.77. The van der Waals surface area contributed by atoms with Crippen molar-refractivity contribution in [3.8, 4) is 0 Å². The van der Waals surface area contributed by atoms with Gasteiger partial charge < -0.3 is 15.4 Å². The molecule has 2 amide bonds. The van der Waals surface area contributed by atoms with Gasteiger partial charge in [-0.2, -0.15) is 0 Å². The molecule has 1 aromatic carbocycles. The average molecular weight is 361 g/mol. The van der Waals surface area contributed by atoms with Gasteiger partial charge in [-0.1, -0.05) is 0 Å². The smallest absolute Gasteiger partial charge is 0.336 e. The van der Waals surface area contributed by atoms with Crippen LogP contribution in [0.1, 0.15) is 25.8 Å². The Balaban J connectivity index is 2.29. The second-order valence-corrected chi connectivity index (χ2v) is 5.81. The normalized spacial score (nSPS) is 16.7. The van der Waals surface area contributed by atoms with E-state index in [9.17, 15) is 24.5 Å². The number of allylic oxidation sites excluding steroid dienone is 1. The van der Waals surface area contributed by atoms with Gasteiger partial charge in [-0.05, 0) is 32.4 Å². The number of nitro groups is 1. The summed E-state index contributed by atoms with van der Waals surface area (Å²) in [5.74, 6) is -2.60. The number of nitro benzene ring substituents is 1. The average Bonchev–Trinajstić information content (AvgIpc) is 2.55. The number of nitrogens with zero attached hydrogens (tertiary/aromatic N) is 1. The molecule has 138 valence electrons. The molecule has 0 spiro atoms. The highest BCUT2D eigenvalue weighted by Gasteiger charge is 2.36. The van der Waals surface area contributed by atoms with Crippen LogP contribution in [0.15, 0.2) is 29.5 Å². The van der Waals surface area contributed by atoms with Crippen molar-refractivity contribution in [2.75, 3.05) is 11.9 Å². The van der Waals surface area contributed by atoms with Crippen LogP contribution in [-0.4, -0.2) is 29.3 Å². The fraction of sp³-hybridized carbons (Fsp3) is 0.353. The Kier molecular flexibility index (Phi) is 5.71. The largest absolute Gasteiger partial charge is 0.463 e. The topological polar surface area (TPSA) is 128 Å². The maximum Gasteiger partial charge on any atom is 0.336 e. The number of nitrogens with one attached hydrogen (secondary N) is 2. The zero-order valence-electron chi connectivity index (χ0n) is 14.6. The van der Waals surface area contributed by atoms with E-state index in [0.29, 0.717) is 11.3 Å². The number of benzene rings is 1. The Bertz CT molecular complexity index is 815. The van der Waals surface area contributed by atoms with E-state index in [0.717, 1.165) is 0 Å². The number of carbonyl (C=O) groups excluding carboxylic acids is 3. The zero-order chi connectivity index (χ0) is 19.4. The Morgan fingerprint density at radius 3 is 2.65 bits per heavy atom. The van der Waals surface area contributed by atoms with Crippen molar-refractivity contribution >= 4 is 29.2 Å². The third-order valence-electron chi connectivity index (χ3n) is 3.96. The van der Waals surface area contributed by atoms with Gasteiger partial charge in [-0.3, -0.25) is 19.7 Å². The molecule has 0 fully saturated rings. The Labute approximate surface area is 149 Å². The van der Waals surface area contributed by atoms with Crippen LogP contribution in [0.25, 0.3) is 0 Å². The van der Waals surface area contributed by atoms with Crippen molar-refractivity contribution in [2.45, 2.75) is 27.2 Å². The summed E-state index contributed by atoms with van der Waals surface area (Å²) in [6.45, 7) is 4.92. The fourth-order valence-corrected chi connectivity index (χ4v) is 2.73. The molecule has 0 saturated heterocycles. The molecule has 1 atom stereocenters. The molecule has 0 unspecified atom stereocenters. The number of anilines is 1. The number of ether oxygens (including phenoxy) is 1. The molecular weight excluding hydrogens is 342 g/mol. The van der Waals surface area contributed by atoms with Crippen LogP contribution >= 0.6 is 0 Å². The van der Waals surface area contributed by atoms with Crippen molar-refractivity contribution in [3.63, 3.8) is 0 Å². The summed E-state index contributed by atoms with van der Waals surface area (Å²) in [6, 6.07) is 4.01. The molecule has 2 N–H and O–H groups in total. The lowest BCUT2D eigenvalue weighted by Crippen LogP contribution is -2.40. The number of hydrogen-bond acceptors (Lipinski definition) is 6. The van der Waals surface area contributed by atoms with Crippen LogP contribution in [0.5, 0.6) is 0 Å². The summed E-state index contributed by atoms with van der Waals surface area (Å²) in [4.78, 5) is 46.9. The lowest BCUT2D eigenvalue weighted by Gasteiger charge is -2.25. The standard InChI is InChI=1S/C17H19N3O6/c1-4-26-17(23)15-10(3)18-14(21)8-12(15)16(22)19-13-6-5-11(20(24)25)7-9(13)2/h5-7,12H,4,8H2,1-3H3,(H,18,21)(H,19,22)/t12-/m0/s1. The number of carbonyl (C=O) groups is 3. The van der Waals surface area contributed by atoms with E-state index in [4.69, 9.17) is 4.74 Å². The fourth-order valence-electron chi connectivity index (χ4n) is 2.73. The van der Waals surface area contributed by atoms with Crippen LogP contribution in [0.3, 0.4) is 0 Å². The Hall–Kier alpha value is -3.23. The monoisotopic (exact) mass is 361 g/mol. The maximum absolute atomic E-state index is 12.7. The van der Waals surface area contributed by atoms with Gasteiger partial charge in [0.05, 0.1) is 23.0 Å². The van der Waals surface area contributed by atoms with Crippen LogP contribution in [-0.2, 0) is 19.1 Å². The van der Waals surface area contributed by atoms with E-state index in [2.05, 4.69) is 10.6 Å². The van der Waals surface area contributed by atoms with Gasteiger partial charge in [-0.15, -0.1) is 0 Å². The van der Waals surface area contributed by atoms with Crippen LogP contribution in [0.2, 0.25) is 0 Å². The molecule has 0 aromatic heterocycles. The van der Waals surface area contributed by atoms with Crippen LogP contribution < -0.4 is 10.6 Å². The highest BCUT2D eigenvalue weighted by Crippen LogP contribution is 2.27. The first-order valence-corrected chi connectivity index (χ1v) is 7.98. The van der Waals surface area contributed by atoms with E-state index < -0.39 is 22.7 Å². The second-order valence-electron chi connectivity index (χ2n) is 5.81. The lowest BCUT2D eigenvalue weighted by atomic mass is 9.89. The SMILES string of the molecule is CCOC(=O)C1=C(C)NC(=O)C[C@@H]1C(=O)Nc1ccc([N+](=O)[O-])cc1C. The highest BCUT2D eigenvalue weighted by atomic mass is 16.6. The molecule has 0 bridgehead atoms. The first-order valence-electron chi connectivity index (χ1n) is 7.98. The van der Waals surface area contributed by atoms with Crippen molar-refractivity contribution in [2.24, 2.45) is 5.92 Å². The molecule has 1 aliphatic rings. The van der Waals surface area contributed by atoms with Gasteiger partial charge >= 0.3 is 5.97 Å². The molecule has 1 aromatic rings. The Morgan fingerprint density at radius 2 is 2.08 bits per heavy atom. The van der Waals surface area contributed by atoms with Crippen molar-refractivity contribution in [3.05, 3.63) is 45.1 Å². The predicted molar refractivity (Wildman–Crippen MR) is 92.0 cm³/mol. The van der Waals surface area contributed by atoms with Gasteiger partial charge in [0.2, 0.25) is 11.8 Å². The maximum atomic E-state index is 12.7. The van der Waals surface area contributed by atoms with Crippen LogP contribution in [0.4, 0.5) is 11.4 Å². The van der Waals surface area contributed by atoms with E-state index in [1.807, 2.05) is 0 Å². The molecule has 9 nitrogen and oxygen atoms in total. The molecule has 2 rings (SSSR count). The summed E-state index contributed by atoms with van der Waals surface area (Å²) in [5.41, 5.74) is 1.14. The van der Waals surface area contributed by atoms with Crippen LogP contribution in [0, 0.1) is 23.0 Å². The lowest BCUT2D eigenvalue weighted by molar-refractivity contribution is -0.384. The molecule has 26 heavy (non-hydrogen) atoms. The summed E-state index contributed by atoms with van der Waals surface area (Å²) in [5, 5.41) is 16.0. The predicted octanol–water partition coefficient (Wildman–Crippen LogP) is 1.81. The number of hydrogen-bond donors (Lipinski definition) is 2. The Morgan fingerprint density at radius 1 is 1.38 bits per heavy atom. The first-order chi connectivity index (χ1) is 12.2. The summed E-state index contributed by atoms with van der Waals surface area (Å²) >= 11 is 0. The number of amides is 2. The van der Waals surface area contributed by atoms with E-state index in [1.54, 1.807) is 13.8 Å². The molecule has 0 saturated carbocycles. The molecule has 1 heterocycles. The van der Waals surface area contributed by atoms with Crippen molar-refractivity contribution in [1.29, 1.82) is 0 Å². The first kappa shape index (κ1) is 19.1. The van der Waals surface area contributed by atoms with E-state index in [-0.39, 0.29) is 35.9 Å². The van der Waals surface area contributed by atoms with E-state index >= 15 is 0 Å². The third-order valence-corrected chi connectivity index (χ3v) is 3.96. The third kappa shape index (κ3) is 4.05. The molecule has 1 aliphatic heterocycles. The number of rotatable bonds is 5. The number of aryl methyl sites for hydroxylation is 1. The van der Waals surface area contributed by atoms with Gasteiger partial charge in [0.15, 0.2) is 0 Å². The van der Waals surface area contributed by atoms with Gasteiger partial charge in [0.1, 0.15) is 0 Å². The minimum Gasteiger partial charge on any atom is -0.463 e. The van der Waals surface area contributed by atoms with Gasteiger partial charge in [0, 0.05) is 29.9 Å². The van der Waals surface area contributed by atoms with Gasteiger partial charge in [0.25, 0.3) is 5.69 Å². The number of esters is 1. The van der Waals surface area contributed by atoms with Gasteiger partial charge in [-0.25, -0.2) is 4.79 Å². The van der Waals surface area contributed by atoms with Crippen molar-refractivity contribution < 1.29 is 24.0 Å². The van der Waals surface area contributed by atoms with Crippen molar-refractivity contribution in [1.82, 2.24) is 5.32 Å². The molecular formula is C17H19N3O6. The van der Waals surface area contributed by atoms with E-state index in [1.165, 1.54) is 25.1 Å². The summed E-state index contributed by atoms with van der Waals surface area (Å²) in [6.07, 6.45) is -0.191. The minimum atomic E-state index is -1.00. The summed E-state index contributed by atoms with van der Waals surface area (Å²) < 4.78 is 4.98. The minimum absolute atomic E-state index is 0.0968. The zero-order valence-corrected chi connectivity index (χ0v) is 14.6. The summed E-state index contributed by atoms with van der Waals surface area (Å²) in [7, 11) is 0. The molecule has 0 radical (unpaired) electrons.